The Morgan fingerprint density at radius 1 is 1.06 bits per heavy atom. The van der Waals surface area contributed by atoms with E-state index in [1.807, 2.05) is 11.7 Å². The molecule has 0 radical (unpaired) electrons. The molecule has 2 aromatic heterocycles. The Morgan fingerprint density at radius 3 is 2.55 bits per heavy atom. The molecule has 0 saturated carbocycles. The fourth-order valence-corrected chi connectivity index (χ4v) is 8.69. The van der Waals surface area contributed by atoms with E-state index in [-0.39, 0.29) is 29.2 Å². The number of aromatic nitrogens is 4. The van der Waals surface area contributed by atoms with Gasteiger partial charge in [-0.05, 0) is 81.6 Å². The number of hydrogen-bond acceptors (Lipinski definition) is 9. The van der Waals surface area contributed by atoms with E-state index in [0.717, 1.165) is 61.9 Å². The lowest BCUT2D eigenvalue weighted by Crippen LogP contribution is -2.39. The average molecular weight is 674 g/mol. The highest BCUT2D eigenvalue weighted by Gasteiger charge is 2.33. The van der Waals surface area contributed by atoms with Gasteiger partial charge in [-0.15, -0.1) is 0 Å². The largest absolute Gasteiger partial charge is 0.432 e. The summed E-state index contributed by atoms with van der Waals surface area (Å²) in [5.74, 6) is 0.217. The number of hydrogen-bond donors (Lipinski definition) is 1. The van der Waals surface area contributed by atoms with Gasteiger partial charge in [0, 0.05) is 38.4 Å². The minimum atomic E-state index is -3.35. The molecule has 3 aromatic rings. The van der Waals surface area contributed by atoms with E-state index in [0.29, 0.717) is 50.5 Å². The number of piperidine rings is 2. The third-order valence-electron chi connectivity index (χ3n) is 9.73. The van der Waals surface area contributed by atoms with Crippen LogP contribution in [0.5, 0.6) is 5.75 Å². The minimum Gasteiger partial charge on any atom is -0.432 e. The van der Waals surface area contributed by atoms with Gasteiger partial charge in [0.1, 0.15) is 5.82 Å². The number of imide groups is 1. The van der Waals surface area contributed by atoms with Gasteiger partial charge in [-0.25, -0.2) is 22.7 Å². The normalized spacial score (nSPS) is 22.0. The Kier molecular flexibility index (Phi) is 10.1. The lowest BCUT2D eigenvalue weighted by molar-refractivity contribution is -0.134. The number of sulfonamides is 1. The number of fused-ring (bicyclic) bond motifs is 1. The first-order valence-corrected chi connectivity index (χ1v) is 17.9. The molecule has 0 spiro atoms. The second-order valence-corrected chi connectivity index (χ2v) is 14.9. The molecule has 0 aliphatic carbocycles. The molecule has 0 bridgehead atoms. The zero-order chi connectivity index (χ0) is 33.1. The van der Waals surface area contributed by atoms with E-state index >= 15 is 0 Å². The van der Waals surface area contributed by atoms with Crippen molar-refractivity contribution in [3.05, 3.63) is 47.7 Å². The number of carbonyl (C=O) groups is 2. The molecule has 254 valence electrons. The molecule has 6 rings (SSSR count). The molecule has 5 heterocycles. The van der Waals surface area contributed by atoms with Crippen LogP contribution in [-0.4, -0.2) is 94.3 Å². The predicted octanol–water partition coefficient (Wildman–Crippen LogP) is 3.34. The van der Waals surface area contributed by atoms with Gasteiger partial charge in [-0.1, -0.05) is 12.1 Å². The molecule has 1 unspecified atom stereocenters. The standard InChI is InChI=1S/C32H41F2N7O5S/c1-39-27-17-23(4-5-25(27)30(38-39)26-6-8-29(42)37-31(26)43)22-10-13-40(14-11-22)12-2-16-47(44,45)41-15-9-21(20-41)3-7-28-35-18-24(19-36-28)46-32(33)34/h4-5,17-19,21-22,26,32H,2-3,6-16,20H2,1H3,(H,37,42,43)/t21-,26?/m0/s1. The first kappa shape index (κ1) is 33.3. The summed E-state index contributed by atoms with van der Waals surface area (Å²) in [6.07, 6.45) is 7.84. The van der Waals surface area contributed by atoms with Crippen molar-refractivity contribution in [2.45, 2.75) is 69.8 Å². The van der Waals surface area contributed by atoms with Crippen molar-refractivity contribution in [3.8, 4) is 5.75 Å². The Balaban J connectivity index is 0.935. The van der Waals surface area contributed by atoms with Crippen LogP contribution in [0.3, 0.4) is 0 Å². The van der Waals surface area contributed by atoms with Crippen LogP contribution in [0.2, 0.25) is 0 Å². The molecule has 2 atom stereocenters. The highest BCUT2D eigenvalue weighted by molar-refractivity contribution is 7.89. The maximum Gasteiger partial charge on any atom is 0.387 e. The Labute approximate surface area is 272 Å². The summed E-state index contributed by atoms with van der Waals surface area (Å²) in [6.45, 7) is 0.612. The number of carbonyl (C=O) groups excluding carboxylic acids is 2. The molecular weight excluding hydrogens is 632 g/mol. The number of halogens is 2. The molecule has 3 fully saturated rings. The number of amides is 2. The van der Waals surface area contributed by atoms with Crippen molar-refractivity contribution < 1.29 is 31.5 Å². The van der Waals surface area contributed by atoms with Crippen LogP contribution in [0.4, 0.5) is 8.78 Å². The van der Waals surface area contributed by atoms with Crippen molar-refractivity contribution in [1.29, 1.82) is 0 Å². The zero-order valence-electron chi connectivity index (χ0n) is 26.5. The molecule has 47 heavy (non-hydrogen) atoms. The van der Waals surface area contributed by atoms with Crippen molar-refractivity contribution in [2.24, 2.45) is 13.0 Å². The summed E-state index contributed by atoms with van der Waals surface area (Å²) in [5, 5.41) is 8.04. The summed E-state index contributed by atoms with van der Waals surface area (Å²) in [7, 11) is -1.46. The molecule has 15 heteroatoms. The number of nitrogens with zero attached hydrogens (tertiary/aromatic N) is 6. The minimum absolute atomic E-state index is 0.0858. The van der Waals surface area contributed by atoms with Crippen LogP contribution >= 0.6 is 0 Å². The number of aryl methyl sites for hydroxylation is 2. The SMILES string of the molecule is Cn1nc(C2CCC(=O)NC2=O)c2ccc(C3CCN(CCCS(=O)(=O)N4CC[C@H](CCc5ncc(OC(F)F)cn5)C4)CC3)cc21. The fourth-order valence-electron chi connectivity index (χ4n) is 7.11. The van der Waals surface area contributed by atoms with Gasteiger partial charge in [0.2, 0.25) is 21.8 Å². The second-order valence-electron chi connectivity index (χ2n) is 12.8. The van der Waals surface area contributed by atoms with E-state index in [2.05, 4.69) is 48.2 Å². The topological polar surface area (TPSA) is 140 Å². The summed E-state index contributed by atoms with van der Waals surface area (Å²) in [6, 6.07) is 6.35. The maximum absolute atomic E-state index is 13.1. The zero-order valence-corrected chi connectivity index (χ0v) is 27.3. The smallest absolute Gasteiger partial charge is 0.387 e. The molecule has 1 aromatic carbocycles. The van der Waals surface area contributed by atoms with Gasteiger partial charge in [-0.3, -0.25) is 19.6 Å². The molecule has 3 aliphatic rings. The highest BCUT2D eigenvalue weighted by atomic mass is 32.2. The molecule has 1 N–H and O–H groups in total. The Bertz CT molecular complexity index is 1690. The molecule has 12 nitrogen and oxygen atoms in total. The van der Waals surface area contributed by atoms with E-state index in [1.165, 1.54) is 18.0 Å². The third kappa shape index (κ3) is 7.95. The first-order valence-electron chi connectivity index (χ1n) is 16.3. The lowest BCUT2D eigenvalue weighted by Gasteiger charge is -2.32. The van der Waals surface area contributed by atoms with Gasteiger partial charge >= 0.3 is 6.61 Å². The highest BCUT2D eigenvalue weighted by Crippen LogP contribution is 2.34. The van der Waals surface area contributed by atoms with Crippen LogP contribution in [0.15, 0.2) is 30.6 Å². The number of alkyl halides is 2. The van der Waals surface area contributed by atoms with Gasteiger partial charge < -0.3 is 9.64 Å². The van der Waals surface area contributed by atoms with Crippen molar-refractivity contribution in [2.75, 3.05) is 38.5 Å². The monoisotopic (exact) mass is 673 g/mol. The fraction of sp³-hybridized carbons (Fsp3) is 0.594. The summed E-state index contributed by atoms with van der Waals surface area (Å²) in [4.78, 5) is 34.6. The number of nitrogens with one attached hydrogen (secondary N) is 1. The van der Waals surface area contributed by atoms with Gasteiger partial charge in [-0.2, -0.15) is 13.9 Å². The molecular formula is C32H41F2N7O5S. The Hall–Kier alpha value is -3.56. The van der Waals surface area contributed by atoms with Crippen molar-refractivity contribution in [3.63, 3.8) is 0 Å². The van der Waals surface area contributed by atoms with Crippen LogP contribution in [0.1, 0.15) is 73.9 Å². The Morgan fingerprint density at radius 2 is 1.83 bits per heavy atom. The van der Waals surface area contributed by atoms with Gasteiger partial charge in [0.05, 0.1) is 35.3 Å². The quantitative estimate of drug-likeness (QED) is 0.287. The van der Waals surface area contributed by atoms with E-state index in [1.54, 1.807) is 4.31 Å². The van der Waals surface area contributed by atoms with Gasteiger partial charge in [0.15, 0.2) is 5.75 Å². The van der Waals surface area contributed by atoms with E-state index < -0.39 is 22.6 Å². The predicted molar refractivity (Wildman–Crippen MR) is 169 cm³/mol. The second kappa shape index (κ2) is 14.3. The van der Waals surface area contributed by atoms with Crippen LogP contribution < -0.4 is 10.1 Å². The van der Waals surface area contributed by atoms with Crippen LogP contribution in [0.25, 0.3) is 10.9 Å². The summed E-state index contributed by atoms with van der Waals surface area (Å²) >= 11 is 0. The molecule has 3 aliphatic heterocycles. The number of rotatable bonds is 12. The summed E-state index contributed by atoms with van der Waals surface area (Å²) < 4.78 is 58.5. The van der Waals surface area contributed by atoms with E-state index in [9.17, 15) is 26.8 Å². The van der Waals surface area contributed by atoms with Crippen LogP contribution in [-0.2, 0) is 33.1 Å². The molecule has 2 amide bonds. The number of likely N-dealkylation sites (tertiary alicyclic amines) is 1. The number of ether oxygens (including phenoxy) is 1. The maximum atomic E-state index is 13.1. The molecule has 3 saturated heterocycles. The van der Waals surface area contributed by atoms with E-state index in [4.69, 9.17) is 0 Å². The van der Waals surface area contributed by atoms with Gasteiger partial charge in [0.25, 0.3) is 0 Å². The van der Waals surface area contributed by atoms with Crippen LogP contribution in [0, 0.1) is 5.92 Å². The third-order valence-corrected chi connectivity index (χ3v) is 11.7. The summed E-state index contributed by atoms with van der Waals surface area (Å²) in [5.41, 5.74) is 2.94. The number of benzene rings is 1. The lowest BCUT2D eigenvalue weighted by atomic mass is 9.88. The van der Waals surface area contributed by atoms with Crippen molar-refractivity contribution >= 4 is 32.7 Å². The average Bonchev–Trinajstić information content (AvgIpc) is 3.66. The van der Waals surface area contributed by atoms with Crippen molar-refractivity contribution in [1.82, 2.24) is 34.3 Å². The first-order chi connectivity index (χ1) is 22.6.